The molecular weight excluding hydrogens is 268 g/mol. The number of benzene rings is 1. The Morgan fingerprint density at radius 2 is 1.89 bits per heavy atom. The molecule has 0 radical (unpaired) electrons. The van der Waals surface area contributed by atoms with E-state index in [1.165, 1.54) is 0 Å². The molecule has 0 heterocycles. The standard InChI is InChI=1S/C10H10ClF2N3O2/c11-9-6(12)3-5(4-7(9)13)10(18)8(17)1-2-15-16-14/h3-4,8,10,17-18H,1-2H2. The average Bonchev–Trinajstić information content (AvgIpc) is 2.34. The Bertz CT molecular complexity index is 457. The van der Waals surface area contributed by atoms with Crippen LogP contribution in [-0.4, -0.2) is 22.9 Å². The van der Waals surface area contributed by atoms with Crippen molar-refractivity contribution >= 4 is 11.6 Å². The SMILES string of the molecule is [N-]=[N+]=NCCC(O)C(O)c1cc(F)c(Cl)c(F)c1. The van der Waals surface area contributed by atoms with Crippen LogP contribution in [0.15, 0.2) is 17.2 Å². The predicted octanol–water partition coefficient (Wildman–Crippen LogP) is 2.71. The lowest BCUT2D eigenvalue weighted by molar-refractivity contribution is 0.0147. The minimum atomic E-state index is -1.49. The minimum absolute atomic E-state index is 0.0307. The maximum Gasteiger partial charge on any atom is 0.145 e. The Morgan fingerprint density at radius 1 is 1.33 bits per heavy atom. The number of aliphatic hydroxyl groups is 2. The predicted molar refractivity (Wildman–Crippen MR) is 61.0 cm³/mol. The maximum atomic E-state index is 13.1. The number of rotatable bonds is 5. The highest BCUT2D eigenvalue weighted by Crippen LogP contribution is 2.26. The van der Waals surface area contributed by atoms with Crippen LogP contribution in [0.5, 0.6) is 0 Å². The van der Waals surface area contributed by atoms with Crippen LogP contribution in [0.25, 0.3) is 10.4 Å². The Labute approximate surface area is 106 Å². The highest BCUT2D eigenvalue weighted by molar-refractivity contribution is 6.30. The molecule has 0 aliphatic rings. The first-order chi connectivity index (χ1) is 8.47. The van der Waals surface area contributed by atoms with E-state index in [4.69, 9.17) is 17.1 Å². The molecule has 98 valence electrons. The summed E-state index contributed by atoms with van der Waals surface area (Å²) >= 11 is 5.29. The summed E-state index contributed by atoms with van der Waals surface area (Å²) in [5, 5.41) is 21.7. The quantitative estimate of drug-likeness (QED) is 0.375. The summed E-state index contributed by atoms with van der Waals surface area (Å²) in [5.41, 5.74) is 7.90. The first kappa shape index (κ1) is 14.7. The summed E-state index contributed by atoms with van der Waals surface area (Å²) in [4.78, 5) is 2.47. The zero-order chi connectivity index (χ0) is 13.7. The van der Waals surface area contributed by atoms with E-state index in [1.807, 2.05) is 0 Å². The Kier molecular flexibility index (Phi) is 5.30. The van der Waals surface area contributed by atoms with Gasteiger partial charge in [-0.25, -0.2) is 8.78 Å². The summed E-state index contributed by atoms with van der Waals surface area (Å²) in [5.74, 6) is -2.04. The molecule has 0 aliphatic heterocycles. The van der Waals surface area contributed by atoms with E-state index in [9.17, 15) is 19.0 Å². The van der Waals surface area contributed by atoms with Crippen LogP contribution in [0.1, 0.15) is 18.1 Å². The molecule has 0 aliphatic carbocycles. The van der Waals surface area contributed by atoms with Crippen molar-refractivity contribution < 1.29 is 19.0 Å². The second-order valence-electron chi connectivity index (χ2n) is 3.55. The van der Waals surface area contributed by atoms with E-state index >= 15 is 0 Å². The smallest absolute Gasteiger partial charge is 0.145 e. The molecule has 1 aromatic carbocycles. The molecule has 0 saturated carbocycles. The first-order valence-corrected chi connectivity index (χ1v) is 5.36. The molecule has 5 nitrogen and oxygen atoms in total. The van der Waals surface area contributed by atoms with Gasteiger partial charge in [-0.05, 0) is 29.6 Å². The van der Waals surface area contributed by atoms with Crippen molar-refractivity contribution in [2.24, 2.45) is 5.11 Å². The molecule has 2 unspecified atom stereocenters. The maximum absolute atomic E-state index is 13.1. The van der Waals surface area contributed by atoms with Gasteiger partial charge in [-0.3, -0.25) is 0 Å². The molecular formula is C10H10ClF2N3O2. The van der Waals surface area contributed by atoms with E-state index in [-0.39, 0.29) is 18.5 Å². The molecule has 2 N–H and O–H groups in total. The lowest BCUT2D eigenvalue weighted by Crippen LogP contribution is -2.19. The number of hydrogen-bond donors (Lipinski definition) is 2. The van der Waals surface area contributed by atoms with Crippen molar-refractivity contribution in [3.8, 4) is 0 Å². The summed E-state index contributed by atoms with van der Waals surface area (Å²) in [6.07, 6.45) is -2.81. The lowest BCUT2D eigenvalue weighted by atomic mass is 10.0. The Morgan fingerprint density at radius 3 is 2.39 bits per heavy atom. The van der Waals surface area contributed by atoms with Crippen LogP contribution in [0, 0.1) is 11.6 Å². The summed E-state index contributed by atoms with van der Waals surface area (Å²) in [6, 6.07) is 1.68. The zero-order valence-electron chi connectivity index (χ0n) is 9.09. The van der Waals surface area contributed by atoms with E-state index in [2.05, 4.69) is 10.0 Å². The van der Waals surface area contributed by atoms with Crippen LogP contribution in [0.3, 0.4) is 0 Å². The van der Waals surface area contributed by atoms with Gasteiger partial charge in [-0.1, -0.05) is 16.7 Å². The van der Waals surface area contributed by atoms with Crippen LogP contribution >= 0.6 is 11.6 Å². The average molecular weight is 278 g/mol. The molecule has 0 fully saturated rings. The first-order valence-electron chi connectivity index (χ1n) is 4.98. The molecule has 0 spiro atoms. The van der Waals surface area contributed by atoms with Gasteiger partial charge in [-0.2, -0.15) is 0 Å². The van der Waals surface area contributed by atoms with Crippen molar-refractivity contribution in [1.82, 2.24) is 0 Å². The van der Waals surface area contributed by atoms with Crippen LogP contribution in [0.4, 0.5) is 8.78 Å². The van der Waals surface area contributed by atoms with Gasteiger partial charge in [0.1, 0.15) is 22.8 Å². The molecule has 2 atom stereocenters. The topological polar surface area (TPSA) is 89.2 Å². The third-order valence-corrected chi connectivity index (χ3v) is 2.66. The molecule has 1 rings (SSSR count). The van der Waals surface area contributed by atoms with Crippen molar-refractivity contribution in [2.75, 3.05) is 6.54 Å². The molecule has 0 saturated heterocycles. The summed E-state index contributed by atoms with van der Waals surface area (Å²) in [7, 11) is 0. The largest absolute Gasteiger partial charge is 0.390 e. The van der Waals surface area contributed by atoms with Gasteiger partial charge in [0.05, 0.1) is 6.10 Å². The van der Waals surface area contributed by atoms with Crippen molar-refractivity contribution in [3.05, 3.63) is 44.8 Å². The molecule has 18 heavy (non-hydrogen) atoms. The van der Waals surface area contributed by atoms with Crippen LogP contribution in [0.2, 0.25) is 5.02 Å². The number of azide groups is 1. The highest BCUT2D eigenvalue weighted by Gasteiger charge is 2.20. The number of aliphatic hydroxyl groups excluding tert-OH is 2. The Hall–Kier alpha value is -1.40. The highest BCUT2D eigenvalue weighted by atomic mass is 35.5. The fourth-order valence-corrected chi connectivity index (χ4v) is 1.47. The normalized spacial score (nSPS) is 13.8. The van der Waals surface area contributed by atoms with Crippen LogP contribution in [-0.2, 0) is 0 Å². The number of halogens is 3. The van der Waals surface area contributed by atoms with E-state index in [1.54, 1.807) is 0 Å². The zero-order valence-corrected chi connectivity index (χ0v) is 9.85. The molecule has 0 amide bonds. The number of nitrogens with zero attached hydrogens (tertiary/aromatic N) is 3. The lowest BCUT2D eigenvalue weighted by Gasteiger charge is -2.17. The summed E-state index contributed by atoms with van der Waals surface area (Å²) < 4.78 is 26.3. The van der Waals surface area contributed by atoms with E-state index in [0.29, 0.717) is 0 Å². The third kappa shape index (κ3) is 3.54. The van der Waals surface area contributed by atoms with E-state index < -0.39 is 28.9 Å². The molecule has 0 aromatic heterocycles. The fraction of sp³-hybridized carbons (Fsp3) is 0.400. The van der Waals surface area contributed by atoms with Crippen molar-refractivity contribution in [1.29, 1.82) is 0 Å². The van der Waals surface area contributed by atoms with Gasteiger partial charge in [0, 0.05) is 11.5 Å². The molecule has 0 bridgehead atoms. The molecule has 1 aromatic rings. The van der Waals surface area contributed by atoms with Crippen molar-refractivity contribution in [2.45, 2.75) is 18.6 Å². The van der Waals surface area contributed by atoms with Gasteiger partial charge in [0.2, 0.25) is 0 Å². The van der Waals surface area contributed by atoms with Gasteiger partial charge in [-0.15, -0.1) is 0 Å². The molecule has 8 heteroatoms. The monoisotopic (exact) mass is 277 g/mol. The second kappa shape index (κ2) is 6.51. The van der Waals surface area contributed by atoms with Gasteiger partial charge >= 0.3 is 0 Å². The summed E-state index contributed by atoms with van der Waals surface area (Å²) in [6.45, 7) is -0.0344. The van der Waals surface area contributed by atoms with Gasteiger partial charge < -0.3 is 10.2 Å². The second-order valence-corrected chi connectivity index (χ2v) is 3.93. The van der Waals surface area contributed by atoms with Crippen LogP contribution < -0.4 is 0 Å². The van der Waals surface area contributed by atoms with Crippen molar-refractivity contribution in [3.63, 3.8) is 0 Å². The van der Waals surface area contributed by atoms with Gasteiger partial charge in [0.25, 0.3) is 0 Å². The number of hydrogen-bond acceptors (Lipinski definition) is 3. The Balaban J connectivity index is 2.83. The third-order valence-electron chi connectivity index (χ3n) is 2.30. The van der Waals surface area contributed by atoms with Gasteiger partial charge in [0.15, 0.2) is 0 Å². The fourth-order valence-electron chi connectivity index (χ4n) is 1.36. The minimum Gasteiger partial charge on any atom is -0.390 e. The van der Waals surface area contributed by atoms with E-state index in [0.717, 1.165) is 12.1 Å².